The van der Waals surface area contributed by atoms with Gasteiger partial charge in [0.15, 0.2) is 0 Å². The minimum atomic E-state index is -3.61. The van der Waals surface area contributed by atoms with E-state index in [1.165, 1.54) is 0 Å². The fourth-order valence-electron chi connectivity index (χ4n) is 3.22. The van der Waals surface area contributed by atoms with E-state index in [-0.39, 0.29) is 11.4 Å². The molecule has 1 fully saturated rings. The van der Waals surface area contributed by atoms with Crippen LogP contribution in [0.5, 0.6) is 11.5 Å². The summed E-state index contributed by atoms with van der Waals surface area (Å²) >= 11 is 0. The van der Waals surface area contributed by atoms with Crippen molar-refractivity contribution in [2.45, 2.75) is 11.4 Å². The number of morpholine rings is 1. The maximum atomic E-state index is 12.6. The topological polar surface area (TPSA) is 67.9 Å². The predicted molar refractivity (Wildman–Crippen MR) is 116 cm³/mol. The lowest BCUT2D eigenvalue weighted by Crippen LogP contribution is -2.36. The van der Waals surface area contributed by atoms with Crippen LogP contribution in [0.4, 0.5) is 5.69 Å². The Balaban J connectivity index is 1.35. The first-order valence-corrected chi connectivity index (χ1v) is 11.3. The van der Waals surface area contributed by atoms with Gasteiger partial charge in [0.2, 0.25) is 10.0 Å². The van der Waals surface area contributed by atoms with Gasteiger partial charge in [0.25, 0.3) is 0 Å². The van der Waals surface area contributed by atoms with Crippen molar-refractivity contribution in [3.8, 4) is 11.5 Å². The largest absolute Gasteiger partial charge is 0.457 e. The van der Waals surface area contributed by atoms with Crippen LogP contribution in [0.25, 0.3) is 0 Å². The monoisotopic (exact) mass is 424 g/mol. The Morgan fingerprint density at radius 1 is 0.833 bits per heavy atom. The summed E-state index contributed by atoms with van der Waals surface area (Å²) in [6.45, 7) is 3.44. The number of rotatable bonds is 7. The molecule has 0 atom stereocenters. The summed E-state index contributed by atoms with van der Waals surface area (Å²) in [6.07, 6.45) is 0. The molecule has 7 heteroatoms. The van der Waals surface area contributed by atoms with Gasteiger partial charge in [0.05, 0.1) is 18.1 Å². The molecule has 1 heterocycles. The van der Waals surface area contributed by atoms with Crippen molar-refractivity contribution in [1.29, 1.82) is 0 Å². The molecule has 30 heavy (non-hydrogen) atoms. The zero-order valence-corrected chi connectivity index (χ0v) is 17.3. The van der Waals surface area contributed by atoms with Crippen molar-refractivity contribution < 1.29 is 17.9 Å². The third-order valence-corrected chi connectivity index (χ3v) is 6.31. The van der Waals surface area contributed by atoms with Crippen LogP contribution in [0, 0.1) is 0 Å². The number of anilines is 1. The van der Waals surface area contributed by atoms with Crippen molar-refractivity contribution >= 4 is 15.7 Å². The highest BCUT2D eigenvalue weighted by Crippen LogP contribution is 2.23. The Hall–Kier alpha value is -2.87. The molecule has 0 saturated carbocycles. The molecular weight excluding hydrogens is 400 g/mol. The summed E-state index contributed by atoms with van der Waals surface area (Å²) in [5.74, 6) is 1.28. The van der Waals surface area contributed by atoms with Crippen molar-refractivity contribution in [3.05, 3.63) is 84.4 Å². The number of para-hydroxylation sites is 1. The SMILES string of the molecule is O=S(=O)(NCc1ccc(N2CCOCC2)cc1)c1ccc(Oc2ccccc2)cc1. The van der Waals surface area contributed by atoms with Crippen LogP contribution in [0.15, 0.2) is 83.8 Å². The van der Waals surface area contributed by atoms with Crippen LogP contribution in [-0.2, 0) is 21.3 Å². The van der Waals surface area contributed by atoms with Crippen LogP contribution in [0.3, 0.4) is 0 Å². The van der Waals surface area contributed by atoms with Gasteiger partial charge in [-0.15, -0.1) is 0 Å². The van der Waals surface area contributed by atoms with Crippen LogP contribution < -0.4 is 14.4 Å². The van der Waals surface area contributed by atoms with Crippen LogP contribution >= 0.6 is 0 Å². The summed E-state index contributed by atoms with van der Waals surface area (Å²) in [6, 6.07) is 23.7. The first kappa shape index (κ1) is 20.4. The third-order valence-electron chi connectivity index (χ3n) is 4.89. The lowest BCUT2D eigenvalue weighted by molar-refractivity contribution is 0.122. The molecule has 0 bridgehead atoms. The first-order valence-electron chi connectivity index (χ1n) is 9.84. The quantitative estimate of drug-likeness (QED) is 0.625. The second kappa shape index (κ2) is 9.30. The van der Waals surface area contributed by atoms with Crippen LogP contribution in [0.2, 0.25) is 0 Å². The highest BCUT2D eigenvalue weighted by atomic mass is 32.2. The molecule has 1 N–H and O–H groups in total. The van der Waals surface area contributed by atoms with Gasteiger partial charge in [-0.05, 0) is 54.1 Å². The summed E-state index contributed by atoms with van der Waals surface area (Å²) < 4.78 is 39.0. The zero-order valence-electron chi connectivity index (χ0n) is 16.5. The zero-order chi connectivity index (χ0) is 20.8. The Kier molecular flexibility index (Phi) is 6.32. The normalized spacial score (nSPS) is 14.5. The van der Waals surface area contributed by atoms with E-state index in [9.17, 15) is 8.42 Å². The minimum Gasteiger partial charge on any atom is -0.457 e. The molecular formula is C23H24N2O4S. The smallest absolute Gasteiger partial charge is 0.240 e. The Morgan fingerprint density at radius 3 is 2.13 bits per heavy atom. The lowest BCUT2D eigenvalue weighted by atomic mass is 10.2. The van der Waals surface area contributed by atoms with E-state index in [4.69, 9.17) is 9.47 Å². The van der Waals surface area contributed by atoms with Gasteiger partial charge in [0, 0.05) is 25.3 Å². The first-order chi connectivity index (χ1) is 14.6. The Morgan fingerprint density at radius 2 is 1.47 bits per heavy atom. The number of nitrogens with zero attached hydrogens (tertiary/aromatic N) is 1. The van der Waals surface area contributed by atoms with Crippen molar-refractivity contribution in [1.82, 2.24) is 4.72 Å². The molecule has 0 aliphatic carbocycles. The van der Waals surface area contributed by atoms with Gasteiger partial charge in [-0.3, -0.25) is 0 Å². The molecule has 3 aromatic carbocycles. The molecule has 3 aromatic rings. The number of sulfonamides is 1. The van der Waals surface area contributed by atoms with Crippen molar-refractivity contribution in [3.63, 3.8) is 0 Å². The van der Waals surface area contributed by atoms with Gasteiger partial charge in [-0.2, -0.15) is 0 Å². The standard InChI is InChI=1S/C23H24N2O4S/c26-30(27,23-12-10-22(11-13-23)29-21-4-2-1-3-5-21)24-18-19-6-8-20(9-7-19)25-14-16-28-17-15-25/h1-13,24H,14-18H2. The van der Waals surface area contributed by atoms with Gasteiger partial charge >= 0.3 is 0 Å². The second-order valence-corrected chi connectivity index (χ2v) is 8.74. The molecule has 0 amide bonds. The van der Waals surface area contributed by atoms with Crippen molar-refractivity contribution in [2.75, 3.05) is 31.2 Å². The summed E-state index contributed by atoms with van der Waals surface area (Å²) in [4.78, 5) is 2.46. The maximum absolute atomic E-state index is 12.6. The summed E-state index contributed by atoms with van der Waals surface area (Å²) in [5.41, 5.74) is 2.03. The molecule has 0 aromatic heterocycles. The summed E-state index contributed by atoms with van der Waals surface area (Å²) in [5, 5.41) is 0. The Bertz CT molecular complexity index is 1050. The fourth-order valence-corrected chi connectivity index (χ4v) is 4.24. The van der Waals surface area contributed by atoms with E-state index in [1.54, 1.807) is 24.3 Å². The van der Waals surface area contributed by atoms with Crippen LogP contribution in [-0.4, -0.2) is 34.7 Å². The lowest BCUT2D eigenvalue weighted by Gasteiger charge is -2.28. The third kappa shape index (κ3) is 5.18. The average Bonchev–Trinajstić information content (AvgIpc) is 2.80. The van der Waals surface area contributed by atoms with E-state index in [1.807, 2.05) is 54.6 Å². The number of benzene rings is 3. The molecule has 6 nitrogen and oxygen atoms in total. The van der Waals surface area contributed by atoms with E-state index in [0.717, 1.165) is 37.6 Å². The van der Waals surface area contributed by atoms with E-state index in [0.29, 0.717) is 11.5 Å². The second-order valence-electron chi connectivity index (χ2n) is 6.98. The molecule has 1 aliphatic rings. The van der Waals surface area contributed by atoms with E-state index in [2.05, 4.69) is 9.62 Å². The minimum absolute atomic E-state index is 0.202. The highest BCUT2D eigenvalue weighted by Gasteiger charge is 2.15. The van der Waals surface area contributed by atoms with Gasteiger partial charge in [0.1, 0.15) is 11.5 Å². The molecule has 1 saturated heterocycles. The van der Waals surface area contributed by atoms with E-state index >= 15 is 0 Å². The molecule has 0 radical (unpaired) electrons. The average molecular weight is 425 g/mol. The van der Waals surface area contributed by atoms with E-state index < -0.39 is 10.0 Å². The molecule has 0 unspecified atom stereocenters. The molecule has 156 valence electrons. The Labute approximate surface area is 177 Å². The molecule has 1 aliphatic heterocycles. The predicted octanol–water partition coefficient (Wildman–Crippen LogP) is 3.79. The molecule has 4 rings (SSSR count). The van der Waals surface area contributed by atoms with Gasteiger partial charge in [-0.25, -0.2) is 13.1 Å². The van der Waals surface area contributed by atoms with Crippen molar-refractivity contribution in [2.24, 2.45) is 0 Å². The maximum Gasteiger partial charge on any atom is 0.240 e. The van der Waals surface area contributed by atoms with Gasteiger partial charge in [-0.1, -0.05) is 30.3 Å². The van der Waals surface area contributed by atoms with Gasteiger partial charge < -0.3 is 14.4 Å². The van der Waals surface area contributed by atoms with Crippen LogP contribution in [0.1, 0.15) is 5.56 Å². The highest BCUT2D eigenvalue weighted by molar-refractivity contribution is 7.89. The fraction of sp³-hybridized carbons (Fsp3) is 0.217. The number of hydrogen-bond acceptors (Lipinski definition) is 5. The number of ether oxygens (including phenoxy) is 2. The number of nitrogens with one attached hydrogen (secondary N) is 1. The number of hydrogen-bond donors (Lipinski definition) is 1. The summed E-state index contributed by atoms with van der Waals surface area (Å²) in [7, 11) is -3.61. The molecule has 0 spiro atoms.